The molecular formula is C11H27NO3Si2. The summed E-state index contributed by atoms with van der Waals surface area (Å²) in [6, 6.07) is 0. The fourth-order valence-corrected chi connectivity index (χ4v) is 2.56. The van der Waals surface area contributed by atoms with Gasteiger partial charge in [0.2, 0.25) is 6.41 Å². The minimum atomic E-state index is -1.46. The molecule has 0 aliphatic carbocycles. The van der Waals surface area contributed by atoms with Crippen LogP contribution in [0.2, 0.25) is 39.3 Å². The Bertz CT molecular complexity index is 204. The molecule has 102 valence electrons. The van der Waals surface area contributed by atoms with Gasteiger partial charge in [-0.2, -0.15) is 0 Å². The summed E-state index contributed by atoms with van der Waals surface area (Å²) in [6.45, 7) is 15.4. The summed E-state index contributed by atoms with van der Waals surface area (Å²) in [5.41, 5.74) is 0. The first-order chi connectivity index (χ1) is 7.64. The van der Waals surface area contributed by atoms with E-state index in [1.54, 1.807) is 4.90 Å². The van der Waals surface area contributed by atoms with Gasteiger partial charge in [0.1, 0.15) is 0 Å². The molecule has 0 aliphatic rings. The summed E-state index contributed by atoms with van der Waals surface area (Å²) in [4.78, 5) is 12.6. The maximum atomic E-state index is 10.9. The minimum Gasteiger partial charge on any atom is -0.416 e. The summed E-state index contributed by atoms with van der Waals surface area (Å²) in [5, 5.41) is 0. The molecule has 6 heteroatoms. The zero-order valence-corrected chi connectivity index (χ0v) is 14.1. The third kappa shape index (κ3) is 12.1. The van der Waals surface area contributed by atoms with E-state index in [-0.39, 0.29) is 0 Å². The number of amides is 1. The van der Waals surface area contributed by atoms with Gasteiger partial charge in [-0.05, 0) is 39.3 Å². The van der Waals surface area contributed by atoms with Crippen molar-refractivity contribution in [3.63, 3.8) is 0 Å². The molecule has 0 rings (SSSR count). The van der Waals surface area contributed by atoms with Gasteiger partial charge < -0.3 is 13.8 Å². The summed E-state index contributed by atoms with van der Waals surface area (Å²) in [7, 11) is -2.93. The second-order valence-corrected chi connectivity index (χ2v) is 15.1. The number of hydrogen-bond acceptors (Lipinski definition) is 3. The normalized spacial score (nSPS) is 12.6. The number of hydrogen-bond donors (Lipinski definition) is 0. The Morgan fingerprint density at radius 1 is 0.882 bits per heavy atom. The van der Waals surface area contributed by atoms with Crippen LogP contribution in [0.4, 0.5) is 0 Å². The van der Waals surface area contributed by atoms with Crippen LogP contribution in [-0.4, -0.2) is 54.2 Å². The van der Waals surface area contributed by atoms with Crippen LogP contribution in [0.5, 0.6) is 0 Å². The lowest BCUT2D eigenvalue weighted by Gasteiger charge is -2.23. The van der Waals surface area contributed by atoms with Crippen molar-refractivity contribution in [3.05, 3.63) is 0 Å². The highest BCUT2D eigenvalue weighted by Crippen LogP contribution is 2.03. The molecule has 0 radical (unpaired) electrons. The number of carbonyl (C=O) groups is 1. The number of rotatable bonds is 9. The highest BCUT2D eigenvalue weighted by Gasteiger charge is 2.16. The van der Waals surface area contributed by atoms with Crippen LogP contribution in [0.1, 0.15) is 0 Å². The first-order valence-corrected chi connectivity index (χ1v) is 12.9. The smallest absolute Gasteiger partial charge is 0.209 e. The van der Waals surface area contributed by atoms with Gasteiger partial charge >= 0.3 is 0 Å². The molecule has 0 heterocycles. The SMILES string of the molecule is C[Si](C)(C)OCCN(C=O)CCO[Si](C)(C)C. The highest BCUT2D eigenvalue weighted by atomic mass is 28.4. The Balaban J connectivity index is 3.74. The topological polar surface area (TPSA) is 38.8 Å². The summed E-state index contributed by atoms with van der Waals surface area (Å²) in [5.74, 6) is 0. The molecule has 0 fully saturated rings. The van der Waals surface area contributed by atoms with Gasteiger partial charge in [0, 0.05) is 13.1 Å². The molecule has 0 N–H and O–H groups in total. The third-order valence-corrected chi connectivity index (χ3v) is 4.12. The fourth-order valence-electron chi connectivity index (χ4n) is 1.16. The molecular weight excluding hydrogens is 250 g/mol. The van der Waals surface area contributed by atoms with E-state index in [0.717, 1.165) is 6.41 Å². The fraction of sp³-hybridized carbons (Fsp3) is 0.909. The summed E-state index contributed by atoms with van der Waals surface area (Å²) >= 11 is 0. The predicted molar refractivity (Wildman–Crippen MR) is 76.2 cm³/mol. The van der Waals surface area contributed by atoms with Crippen LogP contribution < -0.4 is 0 Å². The Hall–Kier alpha value is -0.176. The lowest BCUT2D eigenvalue weighted by molar-refractivity contribution is -0.118. The first-order valence-electron chi connectivity index (χ1n) is 6.11. The van der Waals surface area contributed by atoms with E-state index in [0.29, 0.717) is 26.3 Å². The lowest BCUT2D eigenvalue weighted by Crippen LogP contribution is -2.36. The molecule has 17 heavy (non-hydrogen) atoms. The highest BCUT2D eigenvalue weighted by molar-refractivity contribution is 6.70. The minimum absolute atomic E-state index is 0.626. The van der Waals surface area contributed by atoms with Crippen LogP contribution in [0.3, 0.4) is 0 Å². The van der Waals surface area contributed by atoms with Crippen LogP contribution in [0.15, 0.2) is 0 Å². The largest absolute Gasteiger partial charge is 0.416 e. The van der Waals surface area contributed by atoms with Crippen molar-refractivity contribution in [1.82, 2.24) is 4.90 Å². The molecule has 0 aliphatic heterocycles. The Labute approximate surface area is 108 Å². The van der Waals surface area contributed by atoms with Crippen molar-refractivity contribution in [2.45, 2.75) is 39.3 Å². The van der Waals surface area contributed by atoms with E-state index >= 15 is 0 Å². The molecule has 1 amide bonds. The number of carbonyl (C=O) groups excluding carboxylic acids is 1. The maximum absolute atomic E-state index is 10.9. The van der Waals surface area contributed by atoms with Gasteiger partial charge in [-0.1, -0.05) is 0 Å². The van der Waals surface area contributed by atoms with Crippen molar-refractivity contribution in [1.29, 1.82) is 0 Å². The van der Waals surface area contributed by atoms with Gasteiger partial charge in [0.15, 0.2) is 16.6 Å². The van der Waals surface area contributed by atoms with E-state index < -0.39 is 16.6 Å². The van der Waals surface area contributed by atoms with E-state index in [9.17, 15) is 4.79 Å². The molecule has 0 saturated heterocycles. The molecule has 0 spiro atoms. The zero-order chi connectivity index (χ0) is 13.5. The van der Waals surface area contributed by atoms with Gasteiger partial charge in [-0.15, -0.1) is 0 Å². The lowest BCUT2D eigenvalue weighted by atomic mass is 10.5. The number of nitrogens with zero attached hydrogens (tertiary/aromatic N) is 1. The van der Waals surface area contributed by atoms with Crippen molar-refractivity contribution >= 4 is 23.0 Å². The third-order valence-electron chi connectivity index (χ3n) is 1.98. The molecule has 0 bridgehead atoms. The Morgan fingerprint density at radius 2 is 1.24 bits per heavy atom. The maximum Gasteiger partial charge on any atom is 0.209 e. The molecule has 0 aromatic carbocycles. The van der Waals surface area contributed by atoms with Gasteiger partial charge in [-0.25, -0.2) is 0 Å². The summed E-state index contributed by atoms with van der Waals surface area (Å²) < 4.78 is 11.4. The van der Waals surface area contributed by atoms with Crippen molar-refractivity contribution in [2.24, 2.45) is 0 Å². The van der Waals surface area contributed by atoms with E-state index in [2.05, 4.69) is 39.3 Å². The predicted octanol–water partition coefficient (Wildman–Crippen LogP) is 2.15. The monoisotopic (exact) mass is 277 g/mol. The molecule has 0 unspecified atom stereocenters. The second kappa shape index (κ2) is 7.30. The second-order valence-electron chi connectivity index (χ2n) is 6.06. The average molecular weight is 278 g/mol. The molecule has 0 aromatic heterocycles. The first kappa shape index (κ1) is 16.8. The van der Waals surface area contributed by atoms with Gasteiger partial charge in [-0.3, -0.25) is 4.79 Å². The van der Waals surface area contributed by atoms with E-state index in [4.69, 9.17) is 8.85 Å². The van der Waals surface area contributed by atoms with Crippen molar-refractivity contribution in [2.75, 3.05) is 26.3 Å². The Kier molecular flexibility index (Phi) is 7.23. The molecule has 0 aromatic rings. The van der Waals surface area contributed by atoms with E-state index in [1.807, 2.05) is 0 Å². The van der Waals surface area contributed by atoms with Crippen LogP contribution in [-0.2, 0) is 13.6 Å². The molecule has 0 saturated carbocycles. The molecule has 4 nitrogen and oxygen atoms in total. The van der Waals surface area contributed by atoms with Crippen LogP contribution in [0, 0.1) is 0 Å². The van der Waals surface area contributed by atoms with E-state index in [1.165, 1.54) is 0 Å². The van der Waals surface area contributed by atoms with Gasteiger partial charge in [0.05, 0.1) is 13.2 Å². The molecule has 0 atom stereocenters. The van der Waals surface area contributed by atoms with Crippen molar-refractivity contribution < 1.29 is 13.6 Å². The standard InChI is InChI=1S/C11H27NO3Si2/c1-16(2,3)14-9-7-12(11-13)8-10-15-17(4,5)6/h11H,7-10H2,1-6H3. The summed E-state index contributed by atoms with van der Waals surface area (Å²) in [6.07, 6.45) is 0.876. The van der Waals surface area contributed by atoms with Crippen molar-refractivity contribution in [3.8, 4) is 0 Å². The quantitative estimate of drug-likeness (QED) is 0.479. The average Bonchev–Trinajstić information content (AvgIpc) is 2.11. The zero-order valence-electron chi connectivity index (χ0n) is 12.1. The van der Waals surface area contributed by atoms with Gasteiger partial charge in [0.25, 0.3) is 0 Å². The Morgan fingerprint density at radius 3 is 1.47 bits per heavy atom. The van der Waals surface area contributed by atoms with Crippen LogP contribution >= 0.6 is 0 Å². The van der Waals surface area contributed by atoms with Crippen LogP contribution in [0.25, 0.3) is 0 Å².